The van der Waals surface area contributed by atoms with Gasteiger partial charge in [0.25, 0.3) is 0 Å². The molecule has 0 aliphatic carbocycles. The minimum atomic E-state index is 0.348. The van der Waals surface area contributed by atoms with Crippen molar-refractivity contribution in [3.05, 3.63) is 35.4 Å². The van der Waals surface area contributed by atoms with Gasteiger partial charge in [-0.15, -0.1) is 0 Å². The minimum Gasteiger partial charge on any atom is -0.382 e. The fraction of sp³-hybridized carbons (Fsp3) is 0.571. The average molecular weight is 221 g/mol. The van der Waals surface area contributed by atoms with Crippen molar-refractivity contribution in [1.29, 1.82) is 0 Å². The van der Waals surface area contributed by atoms with E-state index in [1.54, 1.807) is 7.11 Å². The normalized spacial score (nSPS) is 13.1. The summed E-state index contributed by atoms with van der Waals surface area (Å²) in [5, 5.41) is 0. The molecule has 1 rings (SSSR count). The number of methoxy groups -OCH3 is 1. The van der Waals surface area contributed by atoms with Crippen LogP contribution in [0, 0.1) is 6.92 Å². The van der Waals surface area contributed by atoms with Crippen molar-refractivity contribution in [2.24, 2.45) is 0 Å². The van der Waals surface area contributed by atoms with Crippen molar-refractivity contribution in [2.45, 2.75) is 32.9 Å². The van der Waals surface area contributed by atoms with Gasteiger partial charge in [0.1, 0.15) is 0 Å². The van der Waals surface area contributed by atoms with Gasteiger partial charge in [-0.1, -0.05) is 29.8 Å². The summed E-state index contributed by atoms with van der Waals surface area (Å²) < 4.78 is 5.24. The summed E-state index contributed by atoms with van der Waals surface area (Å²) in [4.78, 5) is 2.33. The molecule has 0 aromatic heterocycles. The van der Waals surface area contributed by atoms with E-state index in [1.807, 2.05) is 0 Å². The molecular formula is C14H23NO. The second kappa shape index (κ2) is 6.66. The highest BCUT2D eigenvalue weighted by atomic mass is 16.5. The number of benzene rings is 1. The molecular weight excluding hydrogens is 198 g/mol. The third-order valence-corrected chi connectivity index (χ3v) is 2.89. The van der Waals surface area contributed by atoms with E-state index >= 15 is 0 Å². The third kappa shape index (κ3) is 4.77. The Morgan fingerprint density at radius 3 is 2.44 bits per heavy atom. The van der Waals surface area contributed by atoms with Gasteiger partial charge in [-0.2, -0.15) is 0 Å². The van der Waals surface area contributed by atoms with Crippen LogP contribution in [-0.2, 0) is 11.3 Å². The average Bonchev–Trinajstić information content (AvgIpc) is 2.29. The lowest BCUT2D eigenvalue weighted by Gasteiger charge is -2.18. The van der Waals surface area contributed by atoms with Gasteiger partial charge in [-0.25, -0.2) is 0 Å². The molecule has 1 unspecified atom stereocenters. The van der Waals surface area contributed by atoms with Crippen LogP contribution >= 0.6 is 0 Å². The Kier molecular flexibility index (Phi) is 5.50. The van der Waals surface area contributed by atoms with Gasteiger partial charge in [0.05, 0.1) is 6.10 Å². The highest BCUT2D eigenvalue weighted by molar-refractivity contribution is 5.21. The first-order chi connectivity index (χ1) is 7.61. The number of hydrogen-bond donors (Lipinski definition) is 0. The highest BCUT2D eigenvalue weighted by Gasteiger charge is 2.03. The van der Waals surface area contributed by atoms with E-state index in [9.17, 15) is 0 Å². The molecule has 0 aliphatic rings. The van der Waals surface area contributed by atoms with Gasteiger partial charge in [0.2, 0.25) is 0 Å². The molecule has 1 aromatic carbocycles. The van der Waals surface area contributed by atoms with Crippen LogP contribution in [0.1, 0.15) is 24.5 Å². The lowest BCUT2D eigenvalue weighted by Crippen LogP contribution is -2.22. The number of ether oxygens (including phenoxy) is 1. The number of rotatable bonds is 6. The summed E-state index contributed by atoms with van der Waals surface area (Å²) in [6.45, 7) is 6.31. The molecule has 1 atom stereocenters. The Morgan fingerprint density at radius 1 is 1.25 bits per heavy atom. The smallest absolute Gasteiger partial charge is 0.0555 e. The third-order valence-electron chi connectivity index (χ3n) is 2.89. The number of nitrogens with zero attached hydrogens (tertiary/aromatic N) is 1. The van der Waals surface area contributed by atoms with Crippen LogP contribution in [0.4, 0.5) is 0 Å². The van der Waals surface area contributed by atoms with Crippen molar-refractivity contribution in [1.82, 2.24) is 4.90 Å². The van der Waals surface area contributed by atoms with Crippen molar-refractivity contribution >= 4 is 0 Å². The van der Waals surface area contributed by atoms with E-state index in [0.717, 1.165) is 19.5 Å². The second-order valence-electron chi connectivity index (χ2n) is 4.56. The van der Waals surface area contributed by atoms with E-state index in [1.165, 1.54) is 11.1 Å². The molecule has 2 nitrogen and oxygen atoms in total. The van der Waals surface area contributed by atoms with E-state index in [4.69, 9.17) is 4.74 Å². The van der Waals surface area contributed by atoms with Crippen LogP contribution in [0.15, 0.2) is 24.3 Å². The number of aryl methyl sites for hydroxylation is 1. The Bertz CT molecular complexity index is 294. The monoisotopic (exact) mass is 221 g/mol. The molecule has 0 spiro atoms. The number of hydrogen-bond acceptors (Lipinski definition) is 2. The lowest BCUT2D eigenvalue weighted by atomic mass is 10.1. The van der Waals surface area contributed by atoms with Crippen molar-refractivity contribution in [3.63, 3.8) is 0 Å². The summed E-state index contributed by atoms with van der Waals surface area (Å²) in [7, 11) is 3.92. The quantitative estimate of drug-likeness (QED) is 0.732. The maximum absolute atomic E-state index is 5.24. The summed E-state index contributed by atoms with van der Waals surface area (Å²) >= 11 is 0. The molecule has 90 valence electrons. The summed E-state index contributed by atoms with van der Waals surface area (Å²) in [5.74, 6) is 0. The predicted octanol–water partition coefficient (Wildman–Crippen LogP) is 2.85. The minimum absolute atomic E-state index is 0.348. The standard InChI is InChI=1S/C14H23NO/c1-12-5-7-14(8-6-12)11-15(3)10-9-13(2)16-4/h5-8,13H,9-11H2,1-4H3. The van der Waals surface area contributed by atoms with Gasteiger partial charge in [-0.05, 0) is 32.9 Å². The van der Waals surface area contributed by atoms with E-state index < -0.39 is 0 Å². The summed E-state index contributed by atoms with van der Waals surface area (Å²) in [6, 6.07) is 8.74. The molecule has 1 aromatic rings. The van der Waals surface area contributed by atoms with Crippen LogP contribution in [0.5, 0.6) is 0 Å². The van der Waals surface area contributed by atoms with Gasteiger partial charge in [0.15, 0.2) is 0 Å². The van der Waals surface area contributed by atoms with Crippen molar-refractivity contribution < 1.29 is 4.74 Å². The molecule has 0 saturated carbocycles. The van der Waals surface area contributed by atoms with Crippen LogP contribution in [-0.4, -0.2) is 31.7 Å². The van der Waals surface area contributed by atoms with Crippen molar-refractivity contribution in [2.75, 3.05) is 20.7 Å². The van der Waals surface area contributed by atoms with Crippen LogP contribution < -0.4 is 0 Å². The van der Waals surface area contributed by atoms with Gasteiger partial charge in [0, 0.05) is 20.2 Å². The maximum Gasteiger partial charge on any atom is 0.0555 e. The molecule has 0 radical (unpaired) electrons. The van der Waals surface area contributed by atoms with E-state index in [-0.39, 0.29) is 0 Å². The molecule has 0 saturated heterocycles. The molecule has 0 amide bonds. The lowest BCUT2D eigenvalue weighted by molar-refractivity contribution is 0.0999. The van der Waals surface area contributed by atoms with Crippen molar-refractivity contribution in [3.8, 4) is 0 Å². The molecule has 0 heterocycles. The Balaban J connectivity index is 2.33. The zero-order valence-electron chi connectivity index (χ0n) is 10.9. The summed E-state index contributed by atoms with van der Waals surface area (Å²) in [6.07, 6.45) is 1.43. The van der Waals surface area contributed by atoms with Gasteiger partial charge in [-0.3, -0.25) is 0 Å². The van der Waals surface area contributed by atoms with E-state index in [0.29, 0.717) is 6.10 Å². The molecule has 0 bridgehead atoms. The first kappa shape index (κ1) is 13.2. The fourth-order valence-corrected chi connectivity index (χ4v) is 1.60. The largest absolute Gasteiger partial charge is 0.382 e. The molecule has 16 heavy (non-hydrogen) atoms. The van der Waals surface area contributed by atoms with Gasteiger partial charge < -0.3 is 9.64 Å². The SMILES string of the molecule is COC(C)CCN(C)Cc1ccc(C)cc1. The summed E-state index contributed by atoms with van der Waals surface area (Å²) in [5.41, 5.74) is 2.69. The Morgan fingerprint density at radius 2 is 1.88 bits per heavy atom. The molecule has 0 fully saturated rings. The molecule has 0 aliphatic heterocycles. The topological polar surface area (TPSA) is 12.5 Å². The Labute approximate surface area is 99.2 Å². The highest BCUT2D eigenvalue weighted by Crippen LogP contribution is 2.07. The zero-order chi connectivity index (χ0) is 12.0. The molecule has 2 heteroatoms. The fourth-order valence-electron chi connectivity index (χ4n) is 1.60. The molecule has 0 N–H and O–H groups in total. The first-order valence-electron chi connectivity index (χ1n) is 5.88. The van der Waals surface area contributed by atoms with Gasteiger partial charge >= 0.3 is 0 Å². The first-order valence-corrected chi connectivity index (χ1v) is 5.88. The maximum atomic E-state index is 5.24. The second-order valence-corrected chi connectivity index (χ2v) is 4.56. The Hall–Kier alpha value is -0.860. The van der Waals surface area contributed by atoms with Crippen LogP contribution in [0.2, 0.25) is 0 Å². The van der Waals surface area contributed by atoms with Crippen LogP contribution in [0.25, 0.3) is 0 Å². The predicted molar refractivity (Wildman–Crippen MR) is 68.6 cm³/mol. The zero-order valence-corrected chi connectivity index (χ0v) is 10.9. The van der Waals surface area contributed by atoms with Crippen LogP contribution in [0.3, 0.4) is 0 Å². The van der Waals surface area contributed by atoms with E-state index in [2.05, 4.69) is 50.1 Å².